The van der Waals surface area contributed by atoms with Crippen molar-refractivity contribution in [3.63, 3.8) is 0 Å². The highest BCUT2D eigenvalue weighted by molar-refractivity contribution is 6.76. The number of aromatic nitrogens is 2. The maximum absolute atomic E-state index is 11.6. The van der Waals surface area contributed by atoms with Crippen LogP contribution in [-0.4, -0.2) is 60.0 Å². The summed E-state index contributed by atoms with van der Waals surface area (Å²) >= 11 is 0. The Balaban J connectivity index is 1.79. The van der Waals surface area contributed by atoms with Crippen LogP contribution < -0.4 is 5.32 Å². The average molecular weight is 395 g/mol. The van der Waals surface area contributed by atoms with Gasteiger partial charge in [-0.05, 0) is 44.8 Å². The van der Waals surface area contributed by atoms with Gasteiger partial charge in [0, 0.05) is 39.0 Å². The normalized spacial score (nSPS) is 21.7. The average Bonchev–Trinajstić information content (AvgIpc) is 3.25. The SMILES string of the molecule is C[Si](C)(C)CCOCn1c(C2CCNCC2)cnc1C1CCCN1C(=O)O. The van der Waals surface area contributed by atoms with Crippen LogP contribution in [0, 0.1) is 0 Å². The van der Waals surface area contributed by atoms with Crippen LogP contribution >= 0.6 is 0 Å². The molecule has 0 radical (unpaired) electrons. The number of hydrogen-bond acceptors (Lipinski definition) is 4. The largest absolute Gasteiger partial charge is 0.465 e. The molecule has 27 heavy (non-hydrogen) atoms. The van der Waals surface area contributed by atoms with Gasteiger partial charge in [-0.3, -0.25) is 4.90 Å². The van der Waals surface area contributed by atoms with Crippen molar-refractivity contribution in [2.75, 3.05) is 26.2 Å². The van der Waals surface area contributed by atoms with E-state index in [1.165, 1.54) is 10.6 Å². The lowest BCUT2D eigenvalue weighted by Crippen LogP contribution is -2.32. The Labute approximate surface area is 163 Å². The van der Waals surface area contributed by atoms with Crippen LogP contribution in [0.4, 0.5) is 4.79 Å². The predicted molar refractivity (Wildman–Crippen MR) is 108 cm³/mol. The van der Waals surface area contributed by atoms with Gasteiger partial charge < -0.3 is 19.7 Å². The van der Waals surface area contributed by atoms with Crippen LogP contribution in [0.25, 0.3) is 0 Å². The van der Waals surface area contributed by atoms with Gasteiger partial charge in [-0.15, -0.1) is 0 Å². The number of nitrogens with zero attached hydrogens (tertiary/aromatic N) is 3. The topological polar surface area (TPSA) is 79.6 Å². The van der Waals surface area contributed by atoms with Crippen molar-refractivity contribution >= 4 is 14.2 Å². The van der Waals surface area contributed by atoms with Gasteiger partial charge in [0.2, 0.25) is 0 Å². The summed E-state index contributed by atoms with van der Waals surface area (Å²) in [6.07, 6.45) is 5.02. The maximum atomic E-state index is 11.6. The number of amides is 1. The van der Waals surface area contributed by atoms with Gasteiger partial charge in [-0.25, -0.2) is 9.78 Å². The van der Waals surface area contributed by atoms with E-state index in [4.69, 9.17) is 9.72 Å². The molecule has 152 valence electrons. The standard InChI is InChI=1S/C19H34N4O3Si/c1-27(2,3)12-11-26-14-23-17(15-6-8-20-9-7-15)13-21-18(23)16-5-4-10-22(16)19(24)25/h13,15-16,20H,4-12,14H2,1-3H3,(H,24,25). The molecule has 2 saturated heterocycles. The lowest BCUT2D eigenvalue weighted by atomic mass is 9.95. The zero-order valence-corrected chi connectivity index (χ0v) is 17.9. The molecular formula is C19H34N4O3Si. The van der Waals surface area contributed by atoms with Gasteiger partial charge in [0.05, 0.1) is 6.04 Å². The molecule has 0 bridgehead atoms. The number of hydrogen-bond donors (Lipinski definition) is 2. The summed E-state index contributed by atoms with van der Waals surface area (Å²) in [7, 11) is -1.13. The maximum Gasteiger partial charge on any atom is 0.407 e. The summed E-state index contributed by atoms with van der Waals surface area (Å²) < 4.78 is 8.23. The third-order valence-corrected chi connectivity index (χ3v) is 7.39. The van der Waals surface area contributed by atoms with Crippen LogP contribution in [0.1, 0.15) is 49.2 Å². The first kappa shape index (κ1) is 20.4. The molecular weight excluding hydrogens is 360 g/mol. The van der Waals surface area contributed by atoms with E-state index in [9.17, 15) is 9.90 Å². The molecule has 1 amide bonds. The highest BCUT2D eigenvalue weighted by Crippen LogP contribution is 2.34. The second-order valence-electron chi connectivity index (χ2n) is 8.98. The van der Waals surface area contributed by atoms with E-state index in [0.717, 1.165) is 57.2 Å². The number of imidazole rings is 1. The minimum Gasteiger partial charge on any atom is -0.465 e. The molecule has 2 N–H and O–H groups in total. The molecule has 1 aromatic rings. The van der Waals surface area contributed by atoms with Crippen molar-refractivity contribution < 1.29 is 14.6 Å². The fraction of sp³-hybridized carbons (Fsp3) is 0.789. The van der Waals surface area contributed by atoms with Gasteiger partial charge in [0.25, 0.3) is 0 Å². The molecule has 1 atom stereocenters. The predicted octanol–water partition coefficient (Wildman–Crippen LogP) is 3.48. The van der Waals surface area contributed by atoms with Crippen molar-refractivity contribution in [3.8, 4) is 0 Å². The third-order valence-electron chi connectivity index (χ3n) is 5.69. The van der Waals surface area contributed by atoms with Crippen molar-refractivity contribution in [3.05, 3.63) is 17.7 Å². The highest BCUT2D eigenvalue weighted by atomic mass is 28.3. The molecule has 0 aliphatic carbocycles. The van der Waals surface area contributed by atoms with E-state index in [-0.39, 0.29) is 6.04 Å². The Morgan fingerprint density at radius 3 is 2.74 bits per heavy atom. The van der Waals surface area contributed by atoms with Crippen LogP contribution in [0.5, 0.6) is 0 Å². The van der Waals surface area contributed by atoms with Crippen molar-refractivity contribution in [1.82, 2.24) is 19.8 Å². The van der Waals surface area contributed by atoms with Crippen LogP contribution in [-0.2, 0) is 11.5 Å². The Morgan fingerprint density at radius 2 is 2.07 bits per heavy atom. The summed E-state index contributed by atoms with van der Waals surface area (Å²) in [5, 5.41) is 13.0. The van der Waals surface area contributed by atoms with Gasteiger partial charge >= 0.3 is 6.09 Å². The molecule has 0 saturated carbocycles. The third kappa shape index (κ3) is 5.11. The fourth-order valence-corrected chi connectivity index (χ4v) is 4.81. The molecule has 0 aromatic carbocycles. The smallest absolute Gasteiger partial charge is 0.407 e. The summed E-state index contributed by atoms with van der Waals surface area (Å²) in [6.45, 7) is 10.9. The molecule has 2 aliphatic heterocycles. The van der Waals surface area contributed by atoms with Gasteiger partial charge in [-0.2, -0.15) is 0 Å². The summed E-state index contributed by atoms with van der Waals surface area (Å²) in [6, 6.07) is 0.975. The second kappa shape index (κ2) is 8.75. The Morgan fingerprint density at radius 1 is 1.33 bits per heavy atom. The minimum absolute atomic E-state index is 0.154. The lowest BCUT2D eigenvalue weighted by molar-refractivity contribution is 0.0774. The first-order valence-corrected chi connectivity index (χ1v) is 13.9. The zero-order valence-electron chi connectivity index (χ0n) is 16.9. The quantitative estimate of drug-likeness (QED) is 0.547. The van der Waals surface area contributed by atoms with Gasteiger partial charge in [0.1, 0.15) is 12.6 Å². The zero-order chi connectivity index (χ0) is 19.4. The number of ether oxygens (including phenoxy) is 1. The van der Waals surface area contributed by atoms with Crippen LogP contribution in [0.2, 0.25) is 25.7 Å². The lowest BCUT2D eigenvalue weighted by Gasteiger charge is -2.27. The molecule has 1 unspecified atom stereocenters. The number of piperidine rings is 1. The number of rotatable bonds is 7. The number of carboxylic acid groups (broad SMARTS) is 1. The molecule has 7 nitrogen and oxygen atoms in total. The van der Waals surface area contributed by atoms with E-state index in [1.54, 1.807) is 0 Å². The Kier molecular flexibility index (Phi) is 6.59. The number of nitrogens with one attached hydrogen (secondary N) is 1. The van der Waals surface area contributed by atoms with E-state index < -0.39 is 14.2 Å². The van der Waals surface area contributed by atoms with Crippen LogP contribution in [0.15, 0.2) is 6.20 Å². The minimum atomic E-state index is -1.13. The van der Waals surface area contributed by atoms with E-state index >= 15 is 0 Å². The van der Waals surface area contributed by atoms with E-state index in [2.05, 4.69) is 29.5 Å². The number of likely N-dealkylation sites (tertiary alicyclic amines) is 1. The van der Waals surface area contributed by atoms with Crippen molar-refractivity contribution in [2.45, 2.75) is 70.1 Å². The Bertz CT molecular complexity index is 637. The number of carbonyl (C=O) groups is 1. The second-order valence-corrected chi connectivity index (χ2v) is 14.6. The summed E-state index contributed by atoms with van der Waals surface area (Å²) in [5.74, 6) is 1.32. The van der Waals surface area contributed by atoms with E-state index in [1.807, 2.05) is 6.20 Å². The molecule has 3 heterocycles. The monoisotopic (exact) mass is 394 g/mol. The molecule has 0 spiro atoms. The fourth-order valence-electron chi connectivity index (χ4n) is 4.05. The molecule has 8 heteroatoms. The first-order chi connectivity index (χ1) is 12.9. The summed E-state index contributed by atoms with van der Waals surface area (Å²) in [4.78, 5) is 17.9. The molecule has 3 rings (SSSR count). The molecule has 1 aromatic heterocycles. The Hall–Kier alpha value is -1.38. The van der Waals surface area contributed by atoms with Gasteiger partial charge in [0.15, 0.2) is 0 Å². The van der Waals surface area contributed by atoms with Gasteiger partial charge in [-0.1, -0.05) is 19.6 Å². The summed E-state index contributed by atoms with van der Waals surface area (Å²) in [5.41, 5.74) is 1.21. The van der Waals surface area contributed by atoms with Crippen molar-refractivity contribution in [1.29, 1.82) is 0 Å². The van der Waals surface area contributed by atoms with E-state index in [0.29, 0.717) is 19.2 Å². The first-order valence-electron chi connectivity index (χ1n) is 10.2. The highest BCUT2D eigenvalue weighted by Gasteiger charge is 2.34. The molecule has 2 aliphatic rings. The van der Waals surface area contributed by atoms with Crippen LogP contribution in [0.3, 0.4) is 0 Å². The van der Waals surface area contributed by atoms with Crippen molar-refractivity contribution in [2.24, 2.45) is 0 Å². The molecule has 2 fully saturated rings.